The van der Waals surface area contributed by atoms with Gasteiger partial charge in [0, 0.05) is 30.6 Å². The van der Waals surface area contributed by atoms with Gasteiger partial charge >= 0.3 is 0 Å². The molecule has 1 heterocycles. The van der Waals surface area contributed by atoms with E-state index < -0.39 is 0 Å². The zero-order valence-corrected chi connectivity index (χ0v) is 18.8. The molecule has 0 aliphatic carbocycles. The van der Waals surface area contributed by atoms with E-state index in [9.17, 15) is 0 Å². The highest BCUT2D eigenvalue weighted by Crippen LogP contribution is 2.27. The Kier molecular flexibility index (Phi) is 10.3. The van der Waals surface area contributed by atoms with Gasteiger partial charge in [-0.1, -0.05) is 6.07 Å². The second-order valence-electron chi connectivity index (χ2n) is 5.43. The molecule has 8 heteroatoms. The van der Waals surface area contributed by atoms with Crippen molar-refractivity contribution in [1.29, 1.82) is 0 Å². The maximum atomic E-state index is 5.34. The first kappa shape index (κ1) is 22.5. The van der Waals surface area contributed by atoms with Crippen molar-refractivity contribution in [2.24, 2.45) is 4.99 Å². The molecule has 0 amide bonds. The van der Waals surface area contributed by atoms with Crippen LogP contribution in [0.1, 0.15) is 22.4 Å². The average molecular weight is 490 g/mol. The van der Waals surface area contributed by atoms with E-state index in [1.165, 1.54) is 4.88 Å². The number of thiazole rings is 1. The predicted octanol–water partition coefficient (Wildman–Crippen LogP) is 3.38. The van der Waals surface area contributed by atoms with Crippen LogP contribution in [-0.4, -0.2) is 38.3 Å². The van der Waals surface area contributed by atoms with Gasteiger partial charge in [0.25, 0.3) is 0 Å². The molecule has 2 N–H and O–H groups in total. The van der Waals surface area contributed by atoms with Crippen LogP contribution in [0.5, 0.6) is 11.5 Å². The Hall–Kier alpha value is -1.55. The number of rotatable bonds is 8. The summed E-state index contributed by atoms with van der Waals surface area (Å²) >= 11 is 1.73. The Balaban J connectivity index is 0.00000338. The van der Waals surface area contributed by atoms with Gasteiger partial charge in [0.05, 0.1) is 25.8 Å². The van der Waals surface area contributed by atoms with Crippen molar-refractivity contribution in [2.45, 2.75) is 26.8 Å². The van der Waals surface area contributed by atoms with Gasteiger partial charge in [0.1, 0.15) is 0 Å². The van der Waals surface area contributed by atoms with Crippen LogP contribution in [0.2, 0.25) is 0 Å². The van der Waals surface area contributed by atoms with Crippen molar-refractivity contribution in [3.63, 3.8) is 0 Å². The van der Waals surface area contributed by atoms with Crippen molar-refractivity contribution < 1.29 is 9.47 Å². The quantitative estimate of drug-likeness (QED) is 0.338. The smallest absolute Gasteiger partial charge is 0.191 e. The fourth-order valence-corrected chi connectivity index (χ4v) is 3.08. The third-order valence-electron chi connectivity index (χ3n) is 3.51. The molecule has 2 aromatic rings. The average Bonchev–Trinajstić information content (AvgIpc) is 3.04. The van der Waals surface area contributed by atoms with Crippen LogP contribution in [0.3, 0.4) is 0 Å². The molecule has 0 saturated carbocycles. The van der Waals surface area contributed by atoms with Crippen molar-refractivity contribution in [2.75, 3.05) is 27.3 Å². The van der Waals surface area contributed by atoms with E-state index in [-0.39, 0.29) is 24.0 Å². The zero-order valence-electron chi connectivity index (χ0n) is 15.7. The lowest BCUT2D eigenvalue weighted by Crippen LogP contribution is -2.38. The van der Waals surface area contributed by atoms with Gasteiger partial charge in [-0.15, -0.1) is 35.3 Å². The van der Waals surface area contributed by atoms with Crippen LogP contribution in [0, 0.1) is 6.92 Å². The van der Waals surface area contributed by atoms with Gasteiger partial charge in [-0.3, -0.25) is 0 Å². The number of hydrogen-bond acceptors (Lipinski definition) is 5. The fourth-order valence-electron chi connectivity index (χ4n) is 2.30. The van der Waals surface area contributed by atoms with E-state index in [1.54, 1.807) is 25.6 Å². The molecular weight excluding hydrogens is 463 g/mol. The van der Waals surface area contributed by atoms with E-state index in [1.807, 2.05) is 24.4 Å². The summed E-state index contributed by atoms with van der Waals surface area (Å²) in [7, 11) is 3.27. The number of hydrogen-bond donors (Lipinski definition) is 2. The number of methoxy groups -OCH3 is 2. The topological polar surface area (TPSA) is 67.8 Å². The minimum absolute atomic E-state index is 0. The standard InChI is InChI=1S/C18H26N4O2S.HI/c1-5-19-18(20-9-8-17-21-11-13(2)25-17)22-12-14-6-7-15(23-3)16(10-14)24-4;/h6-7,10-11H,5,8-9,12H2,1-4H3,(H2,19,20,22);1H. The van der Waals surface area contributed by atoms with Gasteiger partial charge < -0.3 is 20.1 Å². The number of aryl methyl sites for hydroxylation is 1. The summed E-state index contributed by atoms with van der Waals surface area (Å²) in [5.74, 6) is 2.23. The number of nitrogens with one attached hydrogen (secondary N) is 2. The molecule has 0 aliphatic heterocycles. The minimum Gasteiger partial charge on any atom is -0.493 e. The second kappa shape index (κ2) is 11.9. The number of benzene rings is 1. The summed E-state index contributed by atoms with van der Waals surface area (Å²) < 4.78 is 10.6. The molecular formula is C18H27IN4O2S. The summed E-state index contributed by atoms with van der Waals surface area (Å²) in [4.78, 5) is 10.3. The number of aliphatic imine (C=N–C) groups is 1. The summed E-state index contributed by atoms with van der Waals surface area (Å²) in [6.45, 7) is 6.30. The molecule has 0 unspecified atom stereocenters. The van der Waals surface area contributed by atoms with E-state index in [0.29, 0.717) is 12.3 Å². The van der Waals surface area contributed by atoms with Crippen LogP contribution >= 0.6 is 35.3 Å². The monoisotopic (exact) mass is 490 g/mol. The highest BCUT2D eigenvalue weighted by atomic mass is 127. The first-order valence-corrected chi connectivity index (χ1v) is 9.12. The van der Waals surface area contributed by atoms with Crippen LogP contribution in [-0.2, 0) is 13.0 Å². The first-order chi connectivity index (χ1) is 12.2. The van der Waals surface area contributed by atoms with Gasteiger partial charge in [0.15, 0.2) is 17.5 Å². The zero-order chi connectivity index (χ0) is 18.1. The lowest BCUT2D eigenvalue weighted by atomic mass is 10.2. The highest BCUT2D eigenvalue weighted by Gasteiger charge is 2.05. The number of guanidine groups is 1. The molecule has 0 atom stereocenters. The minimum atomic E-state index is 0. The van der Waals surface area contributed by atoms with E-state index in [4.69, 9.17) is 9.47 Å². The normalized spacial score (nSPS) is 10.8. The number of ether oxygens (including phenoxy) is 2. The van der Waals surface area contributed by atoms with E-state index >= 15 is 0 Å². The molecule has 0 radical (unpaired) electrons. The van der Waals surface area contributed by atoms with Crippen LogP contribution in [0.25, 0.3) is 0 Å². The third-order valence-corrected chi connectivity index (χ3v) is 4.48. The molecule has 1 aromatic carbocycles. The number of aromatic nitrogens is 1. The molecule has 0 spiro atoms. The van der Waals surface area contributed by atoms with Gasteiger partial charge in [-0.2, -0.15) is 0 Å². The van der Waals surface area contributed by atoms with Crippen molar-refractivity contribution in [3.05, 3.63) is 39.8 Å². The Bertz CT molecular complexity index is 706. The summed E-state index contributed by atoms with van der Waals surface area (Å²) in [5.41, 5.74) is 1.06. The van der Waals surface area contributed by atoms with Gasteiger partial charge in [-0.05, 0) is 31.5 Å². The largest absolute Gasteiger partial charge is 0.493 e. The maximum Gasteiger partial charge on any atom is 0.191 e. The van der Waals surface area contributed by atoms with E-state index in [0.717, 1.165) is 41.8 Å². The Morgan fingerprint density at radius 3 is 2.58 bits per heavy atom. The highest BCUT2D eigenvalue weighted by molar-refractivity contribution is 14.0. The fraction of sp³-hybridized carbons (Fsp3) is 0.444. The SMILES string of the molecule is CCNC(=NCc1ccc(OC)c(OC)c1)NCCc1ncc(C)s1.I. The number of halogens is 1. The molecule has 0 saturated heterocycles. The molecule has 144 valence electrons. The lowest BCUT2D eigenvalue weighted by Gasteiger charge is -2.11. The van der Waals surface area contributed by atoms with Crippen molar-refractivity contribution in [1.82, 2.24) is 15.6 Å². The Morgan fingerprint density at radius 2 is 1.96 bits per heavy atom. The molecule has 0 bridgehead atoms. The second-order valence-corrected chi connectivity index (χ2v) is 6.75. The van der Waals surface area contributed by atoms with Crippen molar-refractivity contribution in [3.8, 4) is 11.5 Å². The molecule has 2 rings (SSSR count). The van der Waals surface area contributed by atoms with Crippen LogP contribution in [0.4, 0.5) is 0 Å². The summed E-state index contributed by atoms with van der Waals surface area (Å²) in [6.07, 6.45) is 2.80. The Labute approximate surface area is 176 Å². The molecule has 0 aliphatic rings. The summed E-state index contributed by atoms with van der Waals surface area (Å²) in [5, 5.41) is 7.75. The van der Waals surface area contributed by atoms with Crippen LogP contribution in [0.15, 0.2) is 29.4 Å². The lowest BCUT2D eigenvalue weighted by molar-refractivity contribution is 0.354. The van der Waals surface area contributed by atoms with Crippen molar-refractivity contribution >= 4 is 41.3 Å². The summed E-state index contributed by atoms with van der Waals surface area (Å²) in [6, 6.07) is 5.84. The molecule has 6 nitrogen and oxygen atoms in total. The number of nitrogens with zero attached hydrogens (tertiary/aromatic N) is 2. The van der Waals surface area contributed by atoms with E-state index in [2.05, 4.69) is 34.5 Å². The third kappa shape index (κ3) is 6.99. The Morgan fingerprint density at radius 1 is 1.19 bits per heavy atom. The molecule has 1 aromatic heterocycles. The van der Waals surface area contributed by atoms with Gasteiger partial charge in [-0.25, -0.2) is 9.98 Å². The van der Waals surface area contributed by atoms with Crippen LogP contribution < -0.4 is 20.1 Å². The van der Waals surface area contributed by atoms with Gasteiger partial charge in [0.2, 0.25) is 0 Å². The first-order valence-electron chi connectivity index (χ1n) is 8.30. The predicted molar refractivity (Wildman–Crippen MR) is 118 cm³/mol. The molecule has 0 fully saturated rings. The maximum absolute atomic E-state index is 5.34. The molecule has 26 heavy (non-hydrogen) atoms.